The minimum absolute atomic E-state index is 0.146. The molecule has 0 spiro atoms. The second-order valence-corrected chi connectivity index (χ2v) is 6.95. The Labute approximate surface area is 170 Å². The molecule has 6 heteroatoms. The predicted molar refractivity (Wildman–Crippen MR) is 113 cm³/mol. The van der Waals surface area contributed by atoms with Crippen molar-refractivity contribution >= 4 is 28.6 Å². The zero-order chi connectivity index (χ0) is 20.1. The minimum atomic E-state index is -0.295. The molecule has 1 amide bonds. The first-order valence-electron chi connectivity index (χ1n) is 9.35. The molecule has 0 saturated carbocycles. The van der Waals surface area contributed by atoms with Gasteiger partial charge in [0, 0.05) is 28.2 Å². The summed E-state index contributed by atoms with van der Waals surface area (Å²) >= 11 is 6.20. The molecule has 3 rings (SSSR count). The number of carbonyl (C=O) groups is 1. The van der Waals surface area contributed by atoms with Crippen molar-refractivity contribution in [2.24, 2.45) is 0 Å². The van der Waals surface area contributed by atoms with Crippen LogP contribution in [0.2, 0.25) is 5.02 Å². The molecule has 1 N–H and O–H groups in total. The van der Waals surface area contributed by atoms with Crippen LogP contribution >= 0.6 is 11.6 Å². The van der Waals surface area contributed by atoms with Gasteiger partial charge in [-0.1, -0.05) is 30.3 Å². The highest BCUT2D eigenvalue weighted by atomic mass is 35.5. The van der Waals surface area contributed by atoms with Crippen LogP contribution in [0.15, 0.2) is 54.8 Å². The summed E-state index contributed by atoms with van der Waals surface area (Å²) in [5.41, 5.74) is 3.27. The summed E-state index contributed by atoms with van der Waals surface area (Å²) in [5.74, 6) is 0.706. The molecule has 0 aliphatic carbocycles. The molecule has 1 aliphatic heterocycles. The van der Waals surface area contributed by atoms with Crippen LogP contribution in [0.25, 0.3) is 10.9 Å². The predicted octanol–water partition coefficient (Wildman–Crippen LogP) is 5.54. The fraction of sp³-hybridized carbons (Fsp3) is 0.318. The number of rotatable bonds is 6. The highest BCUT2D eigenvalue weighted by Gasteiger charge is 2.33. The molecule has 2 heterocycles. The first-order valence-corrected chi connectivity index (χ1v) is 9.73. The molecule has 1 aromatic heterocycles. The van der Waals surface area contributed by atoms with E-state index >= 15 is 0 Å². The average Bonchev–Trinajstić information content (AvgIpc) is 3.05. The summed E-state index contributed by atoms with van der Waals surface area (Å²) in [6.45, 7) is 6.46. The van der Waals surface area contributed by atoms with Gasteiger partial charge in [0.25, 0.3) is 0 Å². The molecule has 2 aromatic rings. The number of halogens is 1. The van der Waals surface area contributed by atoms with E-state index in [-0.39, 0.29) is 12.1 Å². The normalized spacial score (nSPS) is 17.0. The van der Waals surface area contributed by atoms with Gasteiger partial charge in [-0.2, -0.15) is 0 Å². The van der Waals surface area contributed by atoms with Crippen LogP contribution in [0.1, 0.15) is 30.6 Å². The zero-order valence-electron chi connectivity index (χ0n) is 16.2. The topological polar surface area (TPSA) is 54.6 Å². The van der Waals surface area contributed by atoms with Gasteiger partial charge in [-0.3, -0.25) is 4.90 Å². The Hall–Kier alpha value is -2.66. The van der Waals surface area contributed by atoms with Gasteiger partial charge in [0.1, 0.15) is 5.76 Å². The van der Waals surface area contributed by atoms with E-state index in [1.54, 1.807) is 24.2 Å². The number of nitrogens with zero attached hydrogens (tertiary/aromatic N) is 1. The SMILES string of the molecule is C=C/C=C(\C=C/CC1c2[nH]c3ccc(Cl)cc3c2CCN1C(=O)OCC)OC. The second kappa shape index (κ2) is 9.02. The summed E-state index contributed by atoms with van der Waals surface area (Å²) in [6, 6.07) is 5.68. The summed E-state index contributed by atoms with van der Waals surface area (Å²) in [6.07, 6.45) is 8.45. The second-order valence-electron chi connectivity index (χ2n) is 6.51. The third-order valence-electron chi connectivity index (χ3n) is 4.87. The maximum absolute atomic E-state index is 12.5. The smallest absolute Gasteiger partial charge is 0.410 e. The number of aromatic nitrogens is 1. The van der Waals surface area contributed by atoms with Crippen molar-refractivity contribution in [1.29, 1.82) is 0 Å². The molecule has 1 unspecified atom stereocenters. The van der Waals surface area contributed by atoms with Crippen molar-refractivity contribution in [1.82, 2.24) is 9.88 Å². The summed E-state index contributed by atoms with van der Waals surface area (Å²) < 4.78 is 10.6. The molecule has 1 atom stereocenters. The number of hydrogen-bond donors (Lipinski definition) is 1. The van der Waals surface area contributed by atoms with Gasteiger partial charge < -0.3 is 14.5 Å². The monoisotopic (exact) mass is 400 g/mol. The number of hydrogen-bond acceptors (Lipinski definition) is 3. The lowest BCUT2D eigenvalue weighted by molar-refractivity contribution is 0.0863. The van der Waals surface area contributed by atoms with Gasteiger partial charge in [-0.25, -0.2) is 4.79 Å². The van der Waals surface area contributed by atoms with Crippen LogP contribution < -0.4 is 0 Å². The summed E-state index contributed by atoms with van der Waals surface area (Å²) in [4.78, 5) is 17.8. The molecule has 1 aliphatic rings. The first kappa shape index (κ1) is 20.1. The quantitative estimate of drug-likeness (QED) is 0.511. The number of allylic oxidation sites excluding steroid dienone is 3. The molecule has 1 aromatic carbocycles. The number of ether oxygens (including phenoxy) is 2. The van der Waals surface area contributed by atoms with Crippen molar-refractivity contribution < 1.29 is 14.3 Å². The summed E-state index contributed by atoms with van der Waals surface area (Å²) in [5, 5.41) is 1.82. The molecular weight excluding hydrogens is 376 g/mol. The lowest BCUT2D eigenvalue weighted by Crippen LogP contribution is -2.40. The van der Waals surface area contributed by atoms with Gasteiger partial charge in [0.2, 0.25) is 0 Å². The fourth-order valence-electron chi connectivity index (χ4n) is 3.63. The van der Waals surface area contributed by atoms with Crippen LogP contribution in [0.3, 0.4) is 0 Å². The Morgan fingerprint density at radius 1 is 1.46 bits per heavy atom. The number of carbonyl (C=O) groups excluding carboxylic acids is 1. The van der Waals surface area contributed by atoms with Gasteiger partial charge in [-0.15, -0.1) is 0 Å². The molecule has 5 nitrogen and oxygen atoms in total. The van der Waals surface area contributed by atoms with E-state index < -0.39 is 0 Å². The summed E-state index contributed by atoms with van der Waals surface area (Å²) in [7, 11) is 1.62. The Morgan fingerprint density at radius 3 is 3.00 bits per heavy atom. The van der Waals surface area contributed by atoms with Gasteiger partial charge >= 0.3 is 6.09 Å². The Bertz CT molecular complexity index is 929. The molecule has 28 heavy (non-hydrogen) atoms. The average molecular weight is 401 g/mol. The Kier molecular flexibility index (Phi) is 6.47. The van der Waals surface area contributed by atoms with Gasteiger partial charge in [0.15, 0.2) is 0 Å². The van der Waals surface area contributed by atoms with E-state index in [1.807, 2.05) is 37.3 Å². The molecule has 148 valence electrons. The maximum atomic E-state index is 12.5. The number of amides is 1. The zero-order valence-corrected chi connectivity index (χ0v) is 17.0. The van der Waals surface area contributed by atoms with Crippen LogP contribution in [0.5, 0.6) is 0 Å². The third kappa shape index (κ3) is 4.09. The molecule has 0 saturated heterocycles. The third-order valence-corrected chi connectivity index (χ3v) is 5.11. The van der Waals surface area contributed by atoms with E-state index in [1.165, 1.54) is 5.56 Å². The van der Waals surface area contributed by atoms with Crippen molar-refractivity contribution in [2.75, 3.05) is 20.3 Å². The van der Waals surface area contributed by atoms with Gasteiger partial charge in [0.05, 0.1) is 19.8 Å². The number of methoxy groups -OCH3 is 1. The van der Waals surface area contributed by atoms with Gasteiger partial charge in [-0.05, 0) is 55.7 Å². The van der Waals surface area contributed by atoms with Crippen LogP contribution in [0, 0.1) is 0 Å². The lowest BCUT2D eigenvalue weighted by atomic mass is 9.95. The van der Waals surface area contributed by atoms with Crippen molar-refractivity contribution in [3.8, 4) is 0 Å². The van der Waals surface area contributed by atoms with Crippen molar-refractivity contribution in [2.45, 2.75) is 25.8 Å². The van der Waals surface area contributed by atoms with E-state index in [4.69, 9.17) is 21.1 Å². The highest BCUT2D eigenvalue weighted by Crippen LogP contribution is 2.37. The number of aromatic amines is 1. The Morgan fingerprint density at radius 2 is 2.29 bits per heavy atom. The van der Waals surface area contributed by atoms with E-state index in [0.29, 0.717) is 30.4 Å². The maximum Gasteiger partial charge on any atom is 0.410 e. The molecular formula is C22H25ClN2O3. The van der Waals surface area contributed by atoms with E-state index in [9.17, 15) is 4.79 Å². The fourth-order valence-corrected chi connectivity index (χ4v) is 3.80. The minimum Gasteiger partial charge on any atom is -0.497 e. The molecule has 0 radical (unpaired) electrons. The van der Waals surface area contributed by atoms with Crippen LogP contribution in [-0.2, 0) is 15.9 Å². The molecule has 0 bridgehead atoms. The van der Waals surface area contributed by atoms with Crippen molar-refractivity contribution in [3.63, 3.8) is 0 Å². The highest BCUT2D eigenvalue weighted by molar-refractivity contribution is 6.31. The number of H-pyrrole nitrogens is 1. The van der Waals surface area contributed by atoms with E-state index in [2.05, 4.69) is 11.6 Å². The van der Waals surface area contributed by atoms with Crippen molar-refractivity contribution in [3.05, 3.63) is 71.1 Å². The van der Waals surface area contributed by atoms with Crippen LogP contribution in [-0.4, -0.2) is 36.2 Å². The number of benzene rings is 1. The standard InChI is InChI=1S/C22H25ClN2O3/c1-4-7-16(27-3)8-6-9-20-21-17(12-13-25(20)22(26)28-5-2)18-14-15(23)10-11-19(18)24-21/h4,6-8,10-11,14,20,24H,1,5,9,12-13H2,2-3H3/b8-6-,16-7+. The van der Waals surface area contributed by atoms with E-state index in [0.717, 1.165) is 23.0 Å². The number of fused-ring (bicyclic) bond motifs is 3. The first-order chi connectivity index (χ1) is 13.6. The number of nitrogens with one attached hydrogen (secondary N) is 1. The Balaban J connectivity index is 1.97. The van der Waals surface area contributed by atoms with Crippen LogP contribution in [0.4, 0.5) is 4.79 Å². The molecule has 0 fully saturated rings. The lowest BCUT2D eigenvalue weighted by Gasteiger charge is -2.34. The largest absolute Gasteiger partial charge is 0.497 e.